The van der Waals surface area contributed by atoms with E-state index in [2.05, 4.69) is 10.4 Å². The highest BCUT2D eigenvalue weighted by atomic mass is 16.2. The number of benzene rings is 1. The number of nitrogens with zero attached hydrogens (tertiary/aromatic N) is 3. The van der Waals surface area contributed by atoms with E-state index in [1.165, 1.54) is 6.92 Å². The van der Waals surface area contributed by atoms with E-state index in [0.717, 1.165) is 11.3 Å². The molecule has 0 aliphatic heterocycles. The molecule has 1 amide bonds. The number of likely N-dealkylation sites (N-methyl/N-ethyl adjacent to an activating group) is 1. The Morgan fingerprint density at radius 1 is 1.26 bits per heavy atom. The van der Waals surface area contributed by atoms with Crippen molar-refractivity contribution in [1.29, 1.82) is 0 Å². The minimum atomic E-state index is -0.0929. The van der Waals surface area contributed by atoms with Crippen molar-refractivity contribution in [1.82, 2.24) is 14.7 Å². The molecular weight excluding hydrogens is 292 g/mol. The Hall–Kier alpha value is -2.47. The van der Waals surface area contributed by atoms with Gasteiger partial charge in [-0.2, -0.15) is 5.10 Å². The smallest absolute Gasteiger partial charge is 0.238 e. The lowest BCUT2D eigenvalue weighted by Crippen LogP contribution is -2.29. The van der Waals surface area contributed by atoms with Crippen LogP contribution in [0.5, 0.6) is 0 Å². The Morgan fingerprint density at radius 2 is 1.91 bits per heavy atom. The number of carbonyl (C=O) groups excluding carboxylic acids is 2. The molecule has 0 bridgehead atoms. The molecule has 0 radical (unpaired) electrons. The third-order valence-electron chi connectivity index (χ3n) is 3.54. The molecule has 2 aromatic rings. The SMILES string of the molecule is CC(=O)c1ccc(NC(=O)CN(C)Cc2cn(C)nc2C)cc1. The average molecular weight is 314 g/mol. The quantitative estimate of drug-likeness (QED) is 0.828. The summed E-state index contributed by atoms with van der Waals surface area (Å²) >= 11 is 0. The summed E-state index contributed by atoms with van der Waals surface area (Å²) in [6.07, 6.45) is 1.96. The van der Waals surface area contributed by atoms with Crippen molar-refractivity contribution in [2.24, 2.45) is 7.05 Å². The number of rotatable bonds is 6. The zero-order valence-electron chi connectivity index (χ0n) is 14.0. The normalized spacial score (nSPS) is 10.8. The van der Waals surface area contributed by atoms with E-state index in [-0.39, 0.29) is 18.2 Å². The Labute approximate surface area is 136 Å². The van der Waals surface area contributed by atoms with Crippen LogP contribution in [-0.2, 0) is 18.4 Å². The molecule has 0 spiro atoms. The summed E-state index contributed by atoms with van der Waals surface area (Å²) in [5.74, 6) is -0.0842. The molecule has 122 valence electrons. The van der Waals surface area contributed by atoms with Gasteiger partial charge in [-0.15, -0.1) is 0 Å². The first kappa shape index (κ1) is 16.9. The maximum absolute atomic E-state index is 12.1. The van der Waals surface area contributed by atoms with Crippen molar-refractivity contribution < 1.29 is 9.59 Å². The van der Waals surface area contributed by atoms with Crippen LogP contribution in [0.4, 0.5) is 5.69 Å². The summed E-state index contributed by atoms with van der Waals surface area (Å²) < 4.78 is 1.77. The molecule has 0 saturated heterocycles. The van der Waals surface area contributed by atoms with Gasteiger partial charge in [0.15, 0.2) is 5.78 Å². The number of hydrogen-bond acceptors (Lipinski definition) is 4. The Bertz CT molecular complexity index is 704. The highest BCUT2D eigenvalue weighted by Crippen LogP contribution is 2.11. The van der Waals surface area contributed by atoms with Crippen LogP contribution in [0.1, 0.15) is 28.5 Å². The molecule has 6 heteroatoms. The number of Topliss-reactive ketones (excluding diaryl/α,β-unsaturated/α-hetero) is 1. The van der Waals surface area contributed by atoms with Crippen LogP contribution in [0.15, 0.2) is 30.5 Å². The van der Waals surface area contributed by atoms with Crippen molar-refractivity contribution in [3.8, 4) is 0 Å². The lowest BCUT2D eigenvalue weighted by molar-refractivity contribution is -0.117. The van der Waals surface area contributed by atoms with E-state index in [4.69, 9.17) is 0 Å². The molecule has 1 N–H and O–H groups in total. The van der Waals surface area contributed by atoms with Crippen LogP contribution in [0, 0.1) is 6.92 Å². The van der Waals surface area contributed by atoms with Gasteiger partial charge in [-0.1, -0.05) is 0 Å². The monoisotopic (exact) mass is 314 g/mol. The Balaban J connectivity index is 1.88. The molecule has 23 heavy (non-hydrogen) atoms. The van der Waals surface area contributed by atoms with E-state index in [1.54, 1.807) is 28.9 Å². The van der Waals surface area contributed by atoms with E-state index >= 15 is 0 Å². The second kappa shape index (κ2) is 7.19. The molecule has 2 rings (SSSR count). The molecule has 0 aliphatic carbocycles. The topological polar surface area (TPSA) is 67.2 Å². The Morgan fingerprint density at radius 3 is 2.43 bits per heavy atom. The van der Waals surface area contributed by atoms with Gasteiger partial charge in [-0.3, -0.25) is 19.2 Å². The van der Waals surface area contributed by atoms with E-state index in [9.17, 15) is 9.59 Å². The number of anilines is 1. The largest absolute Gasteiger partial charge is 0.325 e. The molecule has 1 heterocycles. The van der Waals surface area contributed by atoms with Crippen LogP contribution >= 0.6 is 0 Å². The highest BCUT2D eigenvalue weighted by molar-refractivity contribution is 5.96. The van der Waals surface area contributed by atoms with Gasteiger partial charge >= 0.3 is 0 Å². The molecule has 1 aromatic carbocycles. The first-order valence-corrected chi connectivity index (χ1v) is 7.43. The summed E-state index contributed by atoms with van der Waals surface area (Å²) in [4.78, 5) is 25.2. The molecule has 0 saturated carbocycles. The zero-order chi connectivity index (χ0) is 17.0. The standard InChI is InChI=1S/C17H22N4O2/c1-12-15(10-21(4)19-12)9-20(3)11-17(23)18-16-7-5-14(6-8-16)13(2)22/h5-8,10H,9,11H2,1-4H3,(H,18,23). The maximum Gasteiger partial charge on any atom is 0.238 e. The maximum atomic E-state index is 12.1. The third kappa shape index (κ3) is 4.75. The molecule has 6 nitrogen and oxygen atoms in total. The number of nitrogens with one attached hydrogen (secondary N) is 1. The second-order valence-electron chi connectivity index (χ2n) is 5.77. The summed E-state index contributed by atoms with van der Waals surface area (Å²) in [6.45, 7) is 4.42. The van der Waals surface area contributed by atoms with Crippen LogP contribution < -0.4 is 5.32 Å². The molecule has 0 unspecified atom stereocenters. The van der Waals surface area contributed by atoms with E-state index in [0.29, 0.717) is 17.8 Å². The molecule has 0 fully saturated rings. The van der Waals surface area contributed by atoms with E-state index < -0.39 is 0 Å². The van der Waals surface area contributed by atoms with Crippen molar-refractivity contribution in [3.63, 3.8) is 0 Å². The molecule has 0 atom stereocenters. The van der Waals surface area contributed by atoms with Crippen LogP contribution in [0.25, 0.3) is 0 Å². The van der Waals surface area contributed by atoms with Gasteiger partial charge in [0.1, 0.15) is 0 Å². The van der Waals surface area contributed by atoms with Gasteiger partial charge < -0.3 is 5.32 Å². The summed E-state index contributed by atoms with van der Waals surface area (Å²) in [5, 5.41) is 7.13. The van der Waals surface area contributed by atoms with Gasteiger partial charge in [0.05, 0.1) is 12.2 Å². The van der Waals surface area contributed by atoms with Crippen LogP contribution in [0.3, 0.4) is 0 Å². The van der Waals surface area contributed by atoms with Gasteiger partial charge in [0.25, 0.3) is 0 Å². The molecule has 0 aliphatic rings. The predicted molar refractivity (Wildman–Crippen MR) is 89.4 cm³/mol. The fourth-order valence-electron chi connectivity index (χ4n) is 2.38. The van der Waals surface area contributed by atoms with Gasteiger partial charge in [-0.05, 0) is 45.2 Å². The minimum Gasteiger partial charge on any atom is -0.325 e. The average Bonchev–Trinajstić information content (AvgIpc) is 2.76. The van der Waals surface area contributed by atoms with Crippen LogP contribution in [0.2, 0.25) is 0 Å². The minimum absolute atomic E-state index is 0.00875. The molecule has 1 aromatic heterocycles. The van der Waals surface area contributed by atoms with Gasteiger partial charge in [0.2, 0.25) is 5.91 Å². The Kier molecular flexibility index (Phi) is 5.28. The second-order valence-corrected chi connectivity index (χ2v) is 5.77. The highest BCUT2D eigenvalue weighted by Gasteiger charge is 2.11. The van der Waals surface area contributed by atoms with Crippen molar-refractivity contribution in [2.75, 3.05) is 18.9 Å². The number of ketones is 1. The number of amides is 1. The molecular formula is C17H22N4O2. The summed E-state index contributed by atoms with van der Waals surface area (Å²) in [6, 6.07) is 6.89. The lowest BCUT2D eigenvalue weighted by atomic mass is 10.1. The lowest BCUT2D eigenvalue weighted by Gasteiger charge is -2.16. The van der Waals surface area contributed by atoms with Gasteiger partial charge in [-0.25, -0.2) is 0 Å². The number of aryl methyl sites for hydroxylation is 2. The zero-order valence-corrected chi connectivity index (χ0v) is 14.0. The number of hydrogen-bond donors (Lipinski definition) is 1. The fraction of sp³-hybridized carbons (Fsp3) is 0.353. The van der Waals surface area contributed by atoms with E-state index in [1.807, 2.05) is 32.1 Å². The summed E-state index contributed by atoms with van der Waals surface area (Å²) in [5.41, 5.74) is 3.39. The predicted octanol–water partition coefficient (Wildman–Crippen LogP) is 2.00. The summed E-state index contributed by atoms with van der Waals surface area (Å²) in [7, 11) is 3.78. The number of carbonyl (C=O) groups is 2. The van der Waals surface area contributed by atoms with Crippen LogP contribution in [-0.4, -0.2) is 40.0 Å². The van der Waals surface area contributed by atoms with Crippen molar-refractivity contribution >= 4 is 17.4 Å². The first-order chi connectivity index (χ1) is 10.8. The fourth-order valence-corrected chi connectivity index (χ4v) is 2.38. The van der Waals surface area contributed by atoms with Crippen molar-refractivity contribution in [3.05, 3.63) is 47.3 Å². The third-order valence-corrected chi connectivity index (χ3v) is 3.54. The van der Waals surface area contributed by atoms with Gasteiger partial charge in [0, 0.05) is 36.6 Å². The number of aromatic nitrogens is 2. The first-order valence-electron chi connectivity index (χ1n) is 7.43. The van der Waals surface area contributed by atoms with Crippen molar-refractivity contribution in [2.45, 2.75) is 20.4 Å².